The van der Waals surface area contributed by atoms with Gasteiger partial charge in [0, 0.05) is 24.6 Å². The van der Waals surface area contributed by atoms with E-state index in [9.17, 15) is 9.59 Å². The van der Waals surface area contributed by atoms with Gasteiger partial charge in [0.2, 0.25) is 0 Å². The Morgan fingerprint density at radius 2 is 1.93 bits per heavy atom. The Hall–Kier alpha value is -2.73. The fraction of sp³-hybridized carbons (Fsp3) is 0.381. The van der Waals surface area contributed by atoms with Crippen LogP contribution < -0.4 is 5.32 Å². The maximum Gasteiger partial charge on any atom is 0.412 e. The molecule has 1 aromatic carbocycles. The number of carbonyl (C=O) groups excluding carboxylic acids is 2. The number of aromatic nitrogens is 1. The molecule has 0 radical (unpaired) electrons. The Morgan fingerprint density at radius 1 is 1.19 bits per heavy atom. The average Bonchev–Trinajstić information content (AvgIpc) is 2.51. The van der Waals surface area contributed by atoms with Gasteiger partial charge >= 0.3 is 6.09 Å². The van der Waals surface area contributed by atoms with E-state index >= 15 is 0 Å². The van der Waals surface area contributed by atoms with E-state index in [1.807, 2.05) is 12.1 Å². The fourth-order valence-corrected chi connectivity index (χ4v) is 2.81. The third kappa shape index (κ3) is 4.71. The van der Waals surface area contributed by atoms with E-state index in [-0.39, 0.29) is 11.5 Å². The summed E-state index contributed by atoms with van der Waals surface area (Å²) in [7, 11) is 0. The predicted molar refractivity (Wildman–Crippen MR) is 103 cm³/mol. The lowest BCUT2D eigenvalue weighted by molar-refractivity contribution is 0.00844. The van der Waals surface area contributed by atoms with E-state index in [1.165, 1.54) is 12.5 Å². The average molecular weight is 368 g/mol. The Labute approximate surface area is 158 Å². The highest BCUT2D eigenvalue weighted by Gasteiger charge is 2.22. The number of rotatable bonds is 4. The molecular formula is C21H24N2O4. The van der Waals surface area contributed by atoms with Gasteiger partial charge in [-0.05, 0) is 38.0 Å². The van der Waals surface area contributed by atoms with Crippen molar-refractivity contribution in [2.45, 2.75) is 39.2 Å². The Balaban J connectivity index is 1.91. The largest absolute Gasteiger partial charge is 0.444 e. The molecule has 6 heteroatoms. The summed E-state index contributed by atoms with van der Waals surface area (Å²) in [4.78, 5) is 28.3. The number of nitrogens with zero attached hydrogens (tertiary/aromatic N) is 1. The molecule has 0 unspecified atom stereocenters. The molecule has 0 bridgehead atoms. The zero-order valence-electron chi connectivity index (χ0n) is 16.0. The molecule has 3 rings (SSSR count). The van der Waals surface area contributed by atoms with Crippen molar-refractivity contribution in [3.63, 3.8) is 0 Å². The molecule has 1 N–H and O–H groups in total. The second-order valence-electron chi connectivity index (χ2n) is 7.66. The highest BCUT2D eigenvalue weighted by Crippen LogP contribution is 2.30. The van der Waals surface area contributed by atoms with Crippen LogP contribution in [0.25, 0.3) is 11.1 Å². The maximum absolute atomic E-state index is 12.2. The summed E-state index contributed by atoms with van der Waals surface area (Å²) in [6.45, 7) is 8.22. The number of amides is 1. The summed E-state index contributed by atoms with van der Waals surface area (Å²) in [5.41, 5.74) is 2.89. The van der Waals surface area contributed by atoms with Crippen molar-refractivity contribution >= 4 is 17.6 Å². The molecule has 142 valence electrons. The number of ether oxygens (including phenoxy) is 2. The molecule has 0 atom stereocenters. The molecule has 0 saturated carbocycles. The number of benzene rings is 1. The number of Topliss-reactive ketones (excluding diaryl/α,β-unsaturated/α-hetero) is 1. The van der Waals surface area contributed by atoms with Crippen LogP contribution >= 0.6 is 0 Å². The van der Waals surface area contributed by atoms with Crippen molar-refractivity contribution < 1.29 is 19.1 Å². The maximum atomic E-state index is 12.2. The minimum atomic E-state index is -0.634. The van der Waals surface area contributed by atoms with Crippen LogP contribution in [-0.2, 0) is 9.47 Å². The smallest absolute Gasteiger partial charge is 0.412 e. The standard InChI is InChI=1S/C21H24N2O4/c1-13(24)19-18(23-20(25)27-21(2,3)4)9-16(10-22-19)14-6-5-7-15(8-14)17-11-26-12-17/h5-10,17H,11-12H2,1-4H3,(H,23,25). The van der Waals surface area contributed by atoms with Gasteiger partial charge in [0.1, 0.15) is 11.3 Å². The molecule has 1 saturated heterocycles. The predicted octanol–water partition coefficient (Wildman–Crippen LogP) is 4.41. The second kappa shape index (κ2) is 7.48. The van der Waals surface area contributed by atoms with Crippen LogP contribution in [0.4, 0.5) is 10.5 Å². The third-order valence-electron chi connectivity index (χ3n) is 4.19. The zero-order valence-corrected chi connectivity index (χ0v) is 16.0. The van der Waals surface area contributed by atoms with E-state index in [1.54, 1.807) is 33.0 Å². The Bertz CT molecular complexity index is 867. The molecular weight excluding hydrogens is 344 g/mol. The normalized spacial score (nSPS) is 14.4. The lowest BCUT2D eigenvalue weighted by Gasteiger charge is -2.26. The topological polar surface area (TPSA) is 77.5 Å². The number of hydrogen-bond acceptors (Lipinski definition) is 5. The molecule has 1 aliphatic heterocycles. The van der Waals surface area contributed by atoms with Gasteiger partial charge < -0.3 is 9.47 Å². The summed E-state index contributed by atoms with van der Waals surface area (Å²) in [5, 5.41) is 2.65. The molecule has 6 nitrogen and oxygen atoms in total. The first-order valence-corrected chi connectivity index (χ1v) is 8.92. The number of ketones is 1. The summed E-state index contributed by atoms with van der Waals surface area (Å²) in [6.07, 6.45) is 1.03. The highest BCUT2D eigenvalue weighted by atomic mass is 16.6. The van der Waals surface area contributed by atoms with Crippen molar-refractivity contribution in [1.29, 1.82) is 0 Å². The van der Waals surface area contributed by atoms with Crippen LogP contribution in [0.2, 0.25) is 0 Å². The molecule has 27 heavy (non-hydrogen) atoms. The number of nitrogens with one attached hydrogen (secondary N) is 1. The molecule has 0 aliphatic carbocycles. The van der Waals surface area contributed by atoms with Gasteiger partial charge in [-0.15, -0.1) is 0 Å². The van der Waals surface area contributed by atoms with Crippen molar-refractivity contribution in [2.24, 2.45) is 0 Å². The number of anilines is 1. The van der Waals surface area contributed by atoms with E-state index in [0.29, 0.717) is 11.6 Å². The Morgan fingerprint density at radius 3 is 2.52 bits per heavy atom. The second-order valence-corrected chi connectivity index (χ2v) is 7.66. The minimum Gasteiger partial charge on any atom is -0.444 e. The lowest BCUT2D eigenvalue weighted by Crippen LogP contribution is -2.27. The van der Waals surface area contributed by atoms with Crippen LogP contribution in [0.3, 0.4) is 0 Å². The lowest BCUT2D eigenvalue weighted by atomic mass is 9.94. The van der Waals surface area contributed by atoms with Crippen molar-refractivity contribution in [3.05, 3.63) is 47.8 Å². The monoisotopic (exact) mass is 368 g/mol. The van der Waals surface area contributed by atoms with Gasteiger partial charge in [-0.2, -0.15) is 0 Å². The zero-order chi connectivity index (χ0) is 19.6. The van der Waals surface area contributed by atoms with Gasteiger partial charge in [0.15, 0.2) is 5.78 Å². The molecule has 2 aromatic rings. The van der Waals surface area contributed by atoms with Crippen LogP contribution in [0.5, 0.6) is 0 Å². The summed E-state index contributed by atoms with van der Waals surface area (Å²) in [6, 6.07) is 9.89. The summed E-state index contributed by atoms with van der Waals surface area (Å²) < 4.78 is 10.6. The first kappa shape index (κ1) is 19.0. The van der Waals surface area contributed by atoms with E-state index in [4.69, 9.17) is 9.47 Å². The quantitative estimate of drug-likeness (QED) is 0.809. The van der Waals surface area contributed by atoms with Crippen LogP contribution in [0.1, 0.15) is 49.7 Å². The molecule has 1 aromatic heterocycles. The molecule has 2 heterocycles. The number of pyridine rings is 1. The van der Waals surface area contributed by atoms with Crippen molar-refractivity contribution in [1.82, 2.24) is 4.98 Å². The highest BCUT2D eigenvalue weighted by molar-refractivity contribution is 6.01. The van der Waals surface area contributed by atoms with E-state index < -0.39 is 11.7 Å². The van der Waals surface area contributed by atoms with Crippen molar-refractivity contribution in [3.8, 4) is 11.1 Å². The fourth-order valence-electron chi connectivity index (χ4n) is 2.81. The van der Waals surface area contributed by atoms with Crippen molar-refractivity contribution in [2.75, 3.05) is 18.5 Å². The van der Waals surface area contributed by atoms with Crippen LogP contribution in [-0.4, -0.2) is 35.7 Å². The SMILES string of the molecule is CC(=O)c1ncc(-c2cccc(C3COC3)c2)cc1NC(=O)OC(C)(C)C. The van der Waals surface area contributed by atoms with Gasteiger partial charge in [-0.1, -0.05) is 24.3 Å². The van der Waals surface area contributed by atoms with E-state index in [0.717, 1.165) is 24.3 Å². The first-order valence-electron chi connectivity index (χ1n) is 8.92. The van der Waals surface area contributed by atoms with E-state index in [2.05, 4.69) is 22.4 Å². The van der Waals surface area contributed by atoms with Gasteiger partial charge in [0.05, 0.1) is 18.9 Å². The van der Waals surface area contributed by atoms with Gasteiger partial charge in [0.25, 0.3) is 0 Å². The minimum absolute atomic E-state index is 0.202. The third-order valence-corrected chi connectivity index (χ3v) is 4.19. The number of carbonyl (C=O) groups is 2. The molecule has 0 spiro atoms. The number of hydrogen-bond donors (Lipinski definition) is 1. The van der Waals surface area contributed by atoms with Gasteiger partial charge in [-0.25, -0.2) is 4.79 Å². The van der Waals surface area contributed by atoms with Crippen LogP contribution in [0, 0.1) is 0 Å². The first-order chi connectivity index (χ1) is 12.7. The summed E-state index contributed by atoms with van der Waals surface area (Å²) >= 11 is 0. The molecule has 1 amide bonds. The van der Waals surface area contributed by atoms with Gasteiger partial charge in [-0.3, -0.25) is 15.1 Å². The molecule has 1 fully saturated rings. The molecule has 1 aliphatic rings. The Kier molecular flexibility index (Phi) is 5.28. The van der Waals surface area contributed by atoms with Crippen LogP contribution in [0.15, 0.2) is 36.5 Å². The summed E-state index contributed by atoms with van der Waals surface area (Å²) in [5.74, 6) is 0.182.